The van der Waals surface area contributed by atoms with Gasteiger partial charge in [-0.1, -0.05) is 6.07 Å². The Morgan fingerprint density at radius 1 is 1.32 bits per heavy atom. The molecule has 0 aliphatic rings. The molecule has 22 heavy (non-hydrogen) atoms. The van der Waals surface area contributed by atoms with E-state index < -0.39 is 23.8 Å². The van der Waals surface area contributed by atoms with Gasteiger partial charge in [-0.15, -0.1) is 0 Å². The number of nitrogens with one attached hydrogen (secondary N) is 1. The van der Waals surface area contributed by atoms with Gasteiger partial charge in [-0.2, -0.15) is 13.2 Å². The summed E-state index contributed by atoms with van der Waals surface area (Å²) in [5.74, 6) is -0.0912. The molecule has 7 heteroatoms. The third-order valence-electron chi connectivity index (χ3n) is 3.05. The summed E-state index contributed by atoms with van der Waals surface area (Å²) in [7, 11) is 1.45. The average molecular weight is 313 g/mol. The molecule has 2 rings (SSSR count). The molecular weight excluding hydrogens is 299 g/mol. The van der Waals surface area contributed by atoms with Crippen LogP contribution in [0.25, 0.3) is 0 Å². The predicted octanol–water partition coefficient (Wildman–Crippen LogP) is 3.42. The minimum absolute atomic E-state index is 0.0656. The molecule has 0 bridgehead atoms. The van der Waals surface area contributed by atoms with Crippen molar-refractivity contribution in [1.29, 1.82) is 0 Å². The molecule has 0 aliphatic carbocycles. The highest BCUT2D eigenvalue weighted by Crippen LogP contribution is 2.29. The molecule has 1 aromatic heterocycles. The minimum Gasteiger partial charge on any atom is -0.467 e. The van der Waals surface area contributed by atoms with Crippen LogP contribution in [0.5, 0.6) is 0 Å². The van der Waals surface area contributed by atoms with E-state index in [0.29, 0.717) is 5.76 Å². The number of methoxy groups -OCH3 is 1. The first-order valence-corrected chi connectivity index (χ1v) is 6.43. The van der Waals surface area contributed by atoms with Gasteiger partial charge in [0.05, 0.1) is 18.4 Å². The van der Waals surface area contributed by atoms with E-state index >= 15 is 0 Å². The highest BCUT2D eigenvalue weighted by molar-refractivity contribution is 5.94. The lowest BCUT2D eigenvalue weighted by Crippen LogP contribution is -2.29. The van der Waals surface area contributed by atoms with Crippen LogP contribution in [0.3, 0.4) is 0 Å². The Hall–Kier alpha value is -2.28. The summed E-state index contributed by atoms with van der Waals surface area (Å²) in [6.07, 6.45) is -3.53. The zero-order chi connectivity index (χ0) is 16.2. The highest BCUT2D eigenvalue weighted by Gasteiger charge is 2.30. The van der Waals surface area contributed by atoms with Crippen LogP contribution >= 0.6 is 0 Å². The monoisotopic (exact) mass is 313 g/mol. The number of halogens is 3. The van der Waals surface area contributed by atoms with Crippen LogP contribution in [0.2, 0.25) is 0 Å². The van der Waals surface area contributed by atoms with Crippen molar-refractivity contribution < 1.29 is 27.1 Å². The largest absolute Gasteiger partial charge is 0.467 e. The SMILES string of the molecule is CO[C@@H](CNC(=O)c1cccc(C(F)(F)F)c1)c1ccco1. The Morgan fingerprint density at radius 3 is 2.68 bits per heavy atom. The van der Waals surface area contributed by atoms with Crippen molar-refractivity contribution in [1.82, 2.24) is 5.32 Å². The molecule has 0 unspecified atom stereocenters. The molecule has 1 amide bonds. The van der Waals surface area contributed by atoms with E-state index in [1.165, 1.54) is 25.5 Å². The van der Waals surface area contributed by atoms with Gasteiger partial charge in [0.25, 0.3) is 5.91 Å². The smallest absolute Gasteiger partial charge is 0.416 e. The zero-order valence-corrected chi connectivity index (χ0v) is 11.7. The number of alkyl halides is 3. The Bertz CT molecular complexity index is 623. The van der Waals surface area contributed by atoms with Gasteiger partial charge >= 0.3 is 6.18 Å². The third-order valence-corrected chi connectivity index (χ3v) is 3.05. The summed E-state index contributed by atoms with van der Waals surface area (Å²) >= 11 is 0. The zero-order valence-electron chi connectivity index (χ0n) is 11.7. The molecule has 2 aromatic rings. The molecule has 0 fully saturated rings. The first-order chi connectivity index (χ1) is 10.4. The number of hydrogen-bond donors (Lipinski definition) is 1. The van der Waals surface area contributed by atoms with Gasteiger partial charge in [0.2, 0.25) is 0 Å². The Labute approximate surface area is 124 Å². The van der Waals surface area contributed by atoms with E-state index in [9.17, 15) is 18.0 Å². The summed E-state index contributed by atoms with van der Waals surface area (Å²) in [6.45, 7) is 0.0824. The Morgan fingerprint density at radius 2 is 2.09 bits per heavy atom. The molecule has 0 saturated heterocycles. The average Bonchev–Trinajstić information content (AvgIpc) is 3.01. The molecule has 118 valence electrons. The van der Waals surface area contributed by atoms with Crippen LogP contribution in [0.4, 0.5) is 13.2 Å². The van der Waals surface area contributed by atoms with Crippen LogP contribution in [-0.2, 0) is 10.9 Å². The van der Waals surface area contributed by atoms with Crippen LogP contribution in [0.1, 0.15) is 27.8 Å². The van der Waals surface area contributed by atoms with Crippen LogP contribution < -0.4 is 5.32 Å². The van der Waals surface area contributed by atoms with E-state index in [2.05, 4.69) is 5.32 Å². The van der Waals surface area contributed by atoms with E-state index in [0.717, 1.165) is 12.1 Å². The van der Waals surface area contributed by atoms with Crippen LogP contribution in [0.15, 0.2) is 47.1 Å². The van der Waals surface area contributed by atoms with Crippen molar-refractivity contribution in [3.05, 3.63) is 59.5 Å². The third kappa shape index (κ3) is 3.88. The van der Waals surface area contributed by atoms with Gasteiger partial charge in [0, 0.05) is 12.7 Å². The van der Waals surface area contributed by atoms with Gasteiger partial charge < -0.3 is 14.5 Å². The predicted molar refractivity (Wildman–Crippen MR) is 72.2 cm³/mol. The summed E-state index contributed by atoms with van der Waals surface area (Å²) in [5, 5.41) is 2.53. The molecule has 1 N–H and O–H groups in total. The number of carbonyl (C=O) groups is 1. The number of carbonyl (C=O) groups excluding carboxylic acids is 1. The summed E-state index contributed by atoms with van der Waals surface area (Å²) in [5.41, 5.74) is -0.932. The Balaban J connectivity index is 2.03. The lowest BCUT2D eigenvalue weighted by atomic mass is 10.1. The molecule has 1 aromatic carbocycles. The van der Waals surface area contributed by atoms with Gasteiger partial charge in [-0.25, -0.2) is 0 Å². The number of benzene rings is 1. The number of rotatable bonds is 5. The maximum atomic E-state index is 12.6. The van der Waals surface area contributed by atoms with Crippen molar-refractivity contribution in [3.63, 3.8) is 0 Å². The number of hydrogen-bond acceptors (Lipinski definition) is 3. The standard InChI is InChI=1S/C15H14F3NO3/c1-21-13(12-6-3-7-22-12)9-19-14(20)10-4-2-5-11(8-10)15(16,17)18/h2-8,13H,9H2,1H3,(H,19,20)/t13-/m0/s1. The fourth-order valence-corrected chi connectivity index (χ4v) is 1.90. The van der Waals surface area contributed by atoms with Gasteiger partial charge in [0.1, 0.15) is 11.9 Å². The van der Waals surface area contributed by atoms with Crippen molar-refractivity contribution >= 4 is 5.91 Å². The highest BCUT2D eigenvalue weighted by atomic mass is 19.4. The van der Waals surface area contributed by atoms with E-state index in [1.54, 1.807) is 12.1 Å². The first-order valence-electron chi connectivity index (χ1n) is 6.43. The van der Waals surface area contributed by atoms with E-state index in [1.807, 2.05) is 0 Å². The second-order valence-corrected chi connectivity index (χ2v) is 4.53. The second-order valence-electron chi connectivity index (χ2n) is 4.53. The topological polar surface area (TPSA) is 51.5 Å². The van der Waals surface area contributed by atoms with Crippen molar-refractivity contribution in [3.8, 4) is 0 Å². The molecule has 0 spiro atoms. The summed E-state index contributed by atoms with van der Waals surface area (Å²) in [4.78, 5) is 11.9. The minimum atomic E-state index is -4.49. The lowest BCUT2D eigenvalue weighted by Gasteiger charge is -2.14. The van der Waals surface area contributed by atoms with Gasteiger partial charge in [-0.05, 0) is 30.3 Å². The quantitative estimate of drug-likeness (QED) is 0.920. The molecule has 0 aliphatic heterocycles. The first kappa shape index (κ1) is 16.1. The molecule has 1 atom stereocenters. The molecular formula is C15H14F3NO3. The fraction of sp³-hybridized carbons (Fsp3) is 0.267. The lowest BCUT2D eigenvalue weighted by molar-refractivity contribution is -0.137. The number of furan rings is 1. The van der Waals surface area contributed by atoms with Gasteiger partial charge in [-0.3, -0.25) is 4.79 Å². The van der Waals surface area contributed by atoms with Gasteiger partial charge in [0.15, 0.2) is 0 Å². The maximum absolute atomic E-state index is 12.6. The van der Waals surface area contributed by atoms with Crippen molar-refractivity contribution in [2.24, 2.45) is 0 Å². The molecule has 1 heterocycles. The summed E-state index contributed by atoms with van der Waals surface area (Å²) in [6, 6.07) is 7.60. The molecule has 4 nitrogen and oxygen atoms in total. The normalized spacial score (nSPS) is 12.9. The van der Waals surface area contributed by atoms with Crippen LogP contribution in [0, 0.1) is 0 Å². The number of ether oxygens (including phenoxy) is 1. The maximum Gasteiger partial charge on any atom is 0.416 e. The van der Waals surface area contributed by atoms with Crippen LogP contribution in [-0.4, -0.2) is 19.6 Å². The van der Waals surface area contributed by atoms with E-state index in [-0.39, 0.29) is 12.1 Å². The number of amides is 1. The Kier molecular flexibility index (Phi) is 4.87. The molecule has 0 saturated carbocycles. The molecule has 0 radical (unpaired) electrons. The van der Waals surface area contributed by atoms with Crippen molar-refractivity contribution in [2.75, 3.05) is 13.7 Å². The summed E-state index contributed by atoms with van der Waals surface area (Å²) < 4.78 is 48.2. The van der Waals surface area contributed by atoms with E-state index in [4.69, 9.17) is 9.15 Å². The second kappa shape index (κ2) is 6.65. The van der Waals surface area contributed by atoms with Crippen molar-refractivity contribution in [2.45, 2.75) is 12.3 Å². The fourth-order valence-electron chi connectivity index (χ4n) is 1.90.